The molecule has 0 saturated carbocycles. The number of ketones is 1. The van der Waals surface area contributed by atoms with Gasteiger partial charge in [-0.05, 0) is 23.6 Å². The van der Waals surface area contributed by atoms with Crippen LogP contribution in [0.15, 0.2) is 36.0 Å². The summed E-state index contributed by atoms with van der Waals surface area (Å²) in [7, 11) is 1.80. The van der Waals surface area contributed by atoms with Gasteiger partial charge < -0.3 is 4.57 Å². The summed E-state index contributed by atoms with van der Waals surface area (Å²) < 4.78 is 1.71. The molecule has 0 aliphatic heterocycles. The molecule has 76 valence electrons. The molecule has 0 aromatic carbocycles. The van der Waals surface area contributed by atoms with Crippen LogP contribution in [-0.4, -0.2) is 15.3 Å². The number of carbonyl (C=O) groups excluding carboxylic acids is 1. The normalized spacial score (nSPS) is 11.0. The fourth-order valence-corrected chi connectivity index (χ4v) is 1.84. The molecule has 0 saturated heterocycles. The molecule has 3 nitrogen and oxygen atoms in total. The minimum atomic E-state index is -0.0732. The number of carbonyl (C=O) groups is 1. The average Bonchev–Trinajstić information content (AvgIpc) is 2.84. The van der Waals surface area contributed by atoms with E-state index in [9.17, 15) is 4.79 Å². The fraction of sp³-hybridized carbons (Fsp3) is 0.0909. The lowest BCUT2D eigenvalue weighted by Gasteiger charge is -1.94. The van der Waals surface area contributed by atoms with Crippen molar-refractivity contribution >= 4 is 23.2 Å². The third-order valence-electron chi connectivity index (χ3n) is 1.98. The number of aromatic nitrogens is 2. The zero-order chi connectivity index (χ0) is 10.7. The van der Waals surface area contributed by atoms with Crippen LogP contribution in [0, 0.1) is 0 Å². The van der Waals surface area contributed by atoms with Gasteiger partial charge in [-0.3, -0.25) is 4.79 Å². The van der Waals surface area contributed by atoms with Crippen LogP contribution in [0.3, 0.4) is 0 Å². The molecule has 0 aliphatic rings. The van der Waals surface area contributed by atoms with E-state index < -0.39 is 0 Å². The first-order chi connectivity index (χ1) is 7.27. The van der Waals surface area contributed by atoms with Crippen LogP contribution < -0.4 is 0 Å². The Morgan fingerprint density at radius 1 is 1.60 bits per heavy atom. The van der Waals surface area contributed by atoms with Crippen molar-refractivity contribution in [1.29, 1.82) is 0 Å². The summed E-state index contributed by atoms with van der Waals surface area (Å²) >= 11 is 1.60. The molecule has 0 N–H and O–H groups in total. The van der Waals surface area contributed by atoms with Crippen LogP contribution in [0.1, 0.15) is 15.5 Å². The van der Waals surface area contributed by atoms with Gasteiger partial charge in [0.1, 0.15) is 0 Å². The van der Waals surface area contributed by atoms with Gasteiger partial charge in [-0.25, -0.2) is 4.98 Å². The Labute approximate surface area is 91.7 Å². The summed E-state index contributed by atoms with van der Waals surface area (Å²) in [6, 6.07) is 3.92. The molecular weight excluding hydrogens is 208 g/mol. The van der Waals surface area contributed by atoms with Crippen LogP contribution >= 0.6 is 11.3 Å². The maximum Gasteiger partial charge on any atom is 0.221 e. The maximum atomic E-state index is 11.7. The molecule has 15 heavy (non-hydrogen) atoms. The number of rotatable bonds is 3. The molecule has 0 amide bonds. The van der Waals surface area contributed by atoms with Gasteiger partial charge in [0.25, 0.3) is 0 Å². The predicted molar refractivity (Wildman–Crippen MR) is 60.9 cm³/mol. The zero-order valence-corrected chi connectivity index (χ0v) is 9.07. The van der Waals surface area contributed by atoms with E-state index in [1.807, 2.05) is 23.6 Å². The molecule has 2 aromatic heterocycles. The van der Waals surface area contributed by atoms with Crippen LogP contribution in [0.25, 0.3) is 6.08 Å². The van der Waals surface area contributed by atoms with Gasteiger partial charge in [0, 0.05) is 24.3 Å². The predicted octanol–water partition coefficient (Wildman–Crippen LogP) is 2.38. The fourth-order valence-electron chi connectivity index (χ4n) is 1.22. The number of imidazole rings is 1. The van der Waals surface area contributed by atoms with Gasteiger partial charge in [0.05, 0.1) is 0 Å². The molecule has 2 heterocycles. The van der Waals surface area contributed by atoms with Gasteiger partial charge in [-0.15, -0.1) is 11.3 Å². The van der Waals surface area contributed by atoms with Crippen molar-refractivity contribution in [2.75, 3.05) is 0 Å². The van der Waals surface area contributed by atoms with E-state index in [1.165, 1.54) is 0 Å². The lowest BCUT2D eigenvalue weighted by molar-refractivity contribution is 0.103. The van der Waals surface area contributed by atoms with E-state index in [0.29, 0.717) is 5.82 Å². The Morgan fingerprint density at radius 2 is 2.47 bits per heavy atom. The van der Waals surface area contributed by atoms with Gasteiger partial charge in [0.15, 0.2) is 5.82 Å². The smallest absolute Gasteiger partial charge is 0.221 e. The topological polar surface area (TPSA) is 34.9 Å². The zero-order valence-electron chi connectivity index (χ0n) is 8.25. The van der Waals surface area contributed by atoms with Crippen LogP contribution in [-0.2, 0) is 7.05 Å². The first-order valence-electron chi connectivity index (χ1n) is 4.50. The molecule has 4 heteroatoms. The molecule has 0 fully saturated rings. The lowest BCUT2D eigenvalue weighted by Crippen LogP contribution is -2.03. The summed E-state index contributed by atoms with van der Waals surface area (Å²) in [6.07, 6.45) is 6.73. The van der Waals surface area contributed by atoms with Crippen molar-refractivity contribution < 1.29 is 4.79 Å². The number of hydrogen-bond donors (Lipinski definition) is 0. The van der Waals surface area contributed by atoms with Crippen molar-refractivity contribution in [3.8, 4) is 0 Å². The third-order valence-corrected chi connectivity index (χ3v) is 2.82. The van der Waals surface area contributed by atoms with E-state index in [1.54, 1.807) is 41.4 Å². The molecule has 0 radical (unpaired) electrons. The summed E-state index contributed by atoms with van der Waals surface area (Å²) in [6.45, 7) is 0. The Morgan fingerprint density at radius 3 is 3.07 bits per heavy atom. The Kier molecular flexibility index (Phi) is 2.78. The van der Waals surface area contributed by atoms with Gasteiger partial charge >= 0.3 is 0 Å². The highest BCUT2D eigenvalue weighted by Gasteiger charge is 2.06. The molecule has 0 aliphatic carbocycles. The summed E-state index contributed by atoms with van der Waals surface area (Å²) in [5.74, 6) is 0.388. The molecule has 0 spiro atoms. The average molecular weight is 218 g/mol. The number of nitrogens with zero attached hydrogens (tertiary/aromatic N) is 2. The molecule has 0 bridgehead atoms. The largest absolute Gasteiger partial charge is 0.331 e. The molecule has 0 unspecified atom stereocenters. The second-order valence-electron chi connectivity index (χ2n) is 3.07. The first kappa shape index (κ1) is 9.86. The number of thiophene rings is 1. The standard InChI is InChI=1S/C11H10N2OS/c1-13-7-6-12-11(13)10(14)5-4-9-3-2-8-15-9/h2-8H,1H3/b5-4+. The number of allylic oxidation sites excluding steroid dienone is 1. The Bertz CT molecular complexity index is 482. The highest BCUT2D eigenvalue weighted by atomic mass is 32.1. The highest BCUT2D eigenvalue weighted by Crippen LogP contribution is 2.10. The maximum absolute atomic E-state index is 11.7. The summed E-state index contributed by atoms with van der Waals surface area (Å²) in [5.41, 5.74) is 0. The monoisotopic (exact) mass is 218 g/mol. The second-order valence-corrected chi connectivity index (χ2v) is 4.05. The van der Waals surface area contributed by atoms with E-state index in [2.05, 4.69) is 4.98 Å². The quantitative estimate of drug-likeness (QED) is 0.585. The van der Waals surface area contributed by atoms with Crippen molar-refractivity contribution in [3.63, 3.8) is 0 Å². The van der Waals surface area contributed by atoms with E-state index in [4.69, 9.17) is 0 Å². The van der Waals surface area contributed by atoms with Crippen LogP contribution in [0.4, 0.5) is 0 Å². The van der Waals surface area contributed by atoms with Crippen molar-refractivity contribution in [3.05, 3.63) is 46.7 Å². The molecule has 0 atom stereocenters. The van der Waals surface area contributed by atoms with Gasteiger partial charge in [-0.2, -0.15) is 0 Å². The summed E-state index contributed by atoms with van der Waals surface area (Å²) in [5, 5.41) is 1.98. The third kappa shape index (κ3) is 2.22. The Balaban J connectivity index is 2.14. The number of hydrogen-bond acceptors (Lipinski definition) is 3. The number of aryl methyl sites for hydroxylation is 1. The van der Waals surface area contributed by atoms with E-state index in [0.717, 1.165) is 4.88 Å². The highest BCUT2D eigenvalue weighted by molar-refractivity contribution is 7.10. The SMILES string of the molecule is Cn1ccnc1C(=O)/C=C/c1cccs1. The minimum absolute atomic E-state index is 0.0732. The molecule has 2 rings (SSSR count). The molecule has 2 aromatic rings. The van der Waals surface area contributed by atoms with Crippen LogP contribution in [0.2, 0.25) is 0 Å². The van der Waals surface area contributed by atoms with E-state index >= 15 is 0 Å². The minimum Gasteiger partial charge on any atom is -0.331 e. The summed E-state index contributed by atoms with van der Waals surface area (Å²) in [4.78, 5) is 16.7. The second kappa shape index (κ2) is 4.23. The van der Waals surface area contributed by atoms with E-state index in [-0.39, 0.29) is 5.78 Å². The van der Waals surface area contributed by atoms with Crippen molar-refractivity contribution in [2.45, 2.75) is 0 Å². The van der Waals surface area contributed by atoms with Crippen molar-refractivity contribution in [1.82, 2.24) is 9.55 Å². The first-order valence-corrected chi connectivity index (χ1v) is 5.38. The van der Waals surface area contributed by atoms with Gasteiger partial charge in [0.2, 0.25) is 5.78 Å². The molecular formula is C11H10N2OS. The Hall–Kier alpha value is -1.68. The van der Waals surface area contributed by atoms with Gasteiger partial charge in [-0.1, -0.05) is 6.07 Å². The van der Waals surface area contributed by atoms with Crippen molar-refractivity contribution in [2.24, 2.45) is 7.05 Å². The van der Waals surface area contributed by atoms with Crippen LogP contribution in [0.5, 0.6) is 0 Å². The lowest BCUT2D eigenvalue weighted by atomic mass is 10.3.